The largest absolute Gasteiger partial charge is 0.468 e. The first-order valence-electron chi connectivity index (χ1n) is 6.73. The average molecular weight is 317 g/mol. The molecule has 0 aliphatic carbocycles. The molecule has 1 aromatic rings. The maximum atomic E-state index is 11.9. The summed E-state index contributed by atoms with van der Waals surface area (Å²) in [6, 6.07) is 0.245. The predicted molar refractivity (Wildman–Crippen MR) is 83.2 cm³/mol. The van der Waals surface area contributed by atoms with Crippen LogP contribution in [0.15, 0.2) is 9.85 Å². The quantitative estimate of drug-likeness (QED) is 0.429. The molecule has 0 saturated heterocycles. The third-order valence-corrected chi connectivity index (χ3v) is 4.83. The number of unbranched alkanes of at least 4 members (excludes halogenated alkanes) is 1. The van der Waals surface area contributed by atoms with E-state index in [-0.39, 0.29) is 12.0 Å². The number of hydrogen-bond acceptors (Lipinski definition) is 7. The van der Waals surface area contributed by atoms with E-state index in [1.807, 2.05) is 20.8 Å². The maximum Gasteiger partial charge on any atom is 0.325 e. The summed E-state index contributed by atoms with van der Waals surface area (Å²) in [7, 11) is 1.44. The van der Waals surface area contributed by atoms with Gasteiger partial charge in [0.15, 0.2) is 4.34 Å². The van der Waals surface area contributed by atoms with Crippen LogP contribution in [0.1, 0.15) is 40.0 Å². The number of thioether (sulfide) groups is 1. The van der Waals surface area contributed by atoms with E-state index in [4.69, 9.17) is 4.74 Å². The first-order chi connectivity index (χ1) is 9.48. The van der Waals surface area contributed by atoms with Crippen LogP contribution in [0.2, 0.25) is 0 Å². The summed E-state index contributed by atoms with van der Waals surface area (Å²) in [6.07, 6.45) is 2.78. The number of nitrogens with zero attached hydrogens (tertiary/aromatic N) is 2. The first-order valence-corrected chi connectivity index (χ1v) is 8.59. The normalized spacial score (nSPS) is 14.2. The zero-order chi connectivity index (χ0) is 15.0. The molecule has 1 rings (SSSR count). The van der Waals surface area contributed by atoms with Gasteiger partial charge in [-0.15, -0.1) is 10.2 Å². The van der Waals surface area contributed by atoms with Gasteiger partial charge in [-0.25, -0.2) is 0 Å². The number of rotatable bonds is 9. The number of hydrogen-bond donors (Lipinski definition) is 1. The van der Waals surface area contributed by atoms with Gasteiger partial charge in [-0.05, 0) is 33.6 Å². The fourth-order valence-electron chi connectivity index (χ4n) is 2.06. The highest BCUT2D eigenvalue weighted by atomic mass is 32.2. The van der Waals surface area contributed by atoms with Crippen molar-refractivity contribution in [3.8, 4) is 0 Å². The standard InChI is InChI=1S/C13H23N3O2S2/c1-10(2)15-13(3,11(17)18-4)7-5-6-8-19-12-16-14-9-20-12/h9-10,15H,5-8H2,1-4H3. The van der Waals surface area contributed by atoms with Gasteiger partial charge >= 0.3 is 5.97 Å². The van der Waals surface area contributed by atoms with Crippen LogP contribution in [-0.4, -0.2) is 40.6 Å². The van der Waals surface area contributed by atoms with Crippen molar-refractivity contribution in [1.29, 1.82) is 0 Å². The second kappa shape index (κ2) is 8.59. The minimum Gasteiger partial charge on any atom is -0.468 e. The Bertz CT molecular complexity index is 398. The van der Waals surface area contributed by atoms with E-state index in [0.717, 1.165) is 29.4 Å². The summed E-state index contributed by atoms with van der Waals surface area (Å²) in [4.78, 5) is 11.9. The molecule has 0 bridgehead atoms. The van der Waals surface area contributed by atoms with Crippen LogP contribution in [0.4, 0.5) is 0 Å². The molecule has 0 amide bonds. The molecular formula is C13H23N3O2S2. The molecule has 0 spiro atoms. The first kappa shape index (κ1) is 17.4. The zero-order valence-electron chi connectivity index (χ0n) is 12.5. The Balaban J connectivity index is 2.33. The SMILES string of the molecule is COC(=O)C(C)(CCCCSc1nncs1)NC(C)C. The Hall–Kier alpha value is -0.660. The molecule has 0 radical (unpaired) electrons. The van der Waals surface area contributed by atoms with Crippen molar-refractivity contribution in [3.05, 3.63) is 5.51 Å². The van der Waals surface area contributed by atoms with Crippen molar-refractivity contribution < 1.29 is 9.53 Å². The summed E-state index contributed by atoms with van der Waals surface area (Å²) in [5.41, 5.74) is 1.14. The van der Waals surface area contributed by atoms with Crippen molar-refractivity contribution in [3.63, 3.8) is 0 Å². The molecule has 0 aliphatic heterocycles. The molecule has 0 aromatic carbocycles. The minimum atomic E-state index is -0.601. The molecule has 0 fully saturated rings. The van der Waals surface area contributed by atoms with E-state index in [0.29, 0.717) is 0 Å². The third kappa shape index (κ3) is 5.76. The summed E-state index contributed by atoms with van der Waals surface area (Å²) < 4.78 is 5.91. The molecule has 0 aliphatic rings. The zero-order valence-corrected chi connectivity index (χ0v) is 14.1. The average Bonchev–Trinajstić information content (AvgIpc) is 2.89. The highest BCUT2D eigenvalue weighted by Gasteiger charge is 2.33. The number of nitrogens with one attached hydrogen (secondary N) is 1. The van der Waals surface area contributed by atoms with E-state index in [1.54, 1.807) is 28.6 Å². The lowest BCUT2D eigenvalue weighted by atomic mass is 9.94. The van der Waals surface area contributed by atoms with E-state index in [2.05, 4.69) is 15.5 Å². The Morgan fingerprint density at radius 2 is 2.30 bits per heavy atom. The monoisotopic (exact) mass is 317 g/mol. The number of ether oxygens (including phenoxy) is 1. The molecule has 7 heteroatoms. The number of carbonyl (C=O) groups excluding carboxylic acids is 1. The van der Waals surface area contributed by atoms with Gasteiger partial charge in [0.05, 0.1) is 7.11 Å². The van der Waals surface area contributed by atoms with Crippen molar-refractivity contribution in [2.45, 2.75) is 56.0 Å². The smallest absolute Gasteiger partial charge is 0.325 e. The molecular weight excluding hydrogens is 294 g/mol. The van der Waals surface area contributed by atoms with Gasteiger partial charge in [0, 0.05) is 11.8 Å². The molecule has 1 atom stereocenters. The van der Waals surface area contributed by atoms with Crippen LogP contribution < -0.4 is 5.32 Å². The van der Waals surface area contributed by atoms with Crippen LogP contribution in [0.5, 0.6) is 0 Å². The van der Waals surface area contributed by atoms with Crippen LogP contribution in [-0.2, 0) is 9.53 Å². The highest BCUT2D eigenvalue weighted by Crippen LogP contribution is 2.22. The highest BCUT2D eigenvalue weighted by molar-refractivity contribution is 8.00. The molecule has 5 nitrogen and oxygen atoms in total. The fraction of sp³-hybridized carbons (Fsp3) is 0.769. The second-order valence-corrected chi connectivity index (χ2v) is 7.31. The van der Waals surface area contributed by atoms with Crippen molar-refractivity contribution in [1.82, 2.24) is 15.5 Å². The van der Waals surface area contributed by atoms with Gasteiger partial charge in [0.1, 0.15) is 11.0 Å². The number of esters is 1. The lowest BCUT2D eigenvalue weighted by Crippen LogP contribution is -2.52. The lowest BCUT2D eigenvalue weighted by Gasteiger charge is -2.30. The number of carbonyl (C=O) groups is 1. The minimum absolute atomic E-state index is 0.192. The van der Waals surface area contributed by atoms with Crippen LogP contribution in [0.25, 0.3) is 0 Å². The third-order valence-electron chi connectivity index (χ3n) is 2.88. The number of aromatic nitrogens is 2. The van der Waals surface area contributed by atoms with Gasteiger partial charge < -0.3 is 4.74 Å². The fourth-order valence-corrected chi connectivity index (χ4v) is 3.62. The Morgan fingerprint density at radius 1 is 1.55 bits per heavy atom. The van der Waals surface area contributed by atoms with E-state index in [1.165, 1.54) is 7.11 Å². The lowest BCUT2D eigenvalue weighted by molar-refractivity contribution is -0.148. The summed E-state index contributed by atoms with van der Waals surface area (Å²) in [5, 5.41) is 11.1. The summed E-state index contributed by atoms with van der Waals surface area (Å²) >= 11 is 3.27. The van der Waals surface area contributed by atoms with Crippen molar-refractivity contribution in [2.75, 3.05) is 12.9 Å². The van der Waals surface area contributed by atoms with Crippen molar-refractivity contribution in [2.24, 2.45) is 0 Å². The Morgan fingerprint density at radius 3 is 2.85 bits per heavy atom. The topological polar surface area (TPSA) is 64.1 Å². The Kier molecular flexibility index (Phi) is 7.47. The molecule has 1 aromatic heterocycles. The molecule has 114 valence electrons. The van der Waals surface area contributed by atoms with Crippen molar-refractivity contribution >= 4 is 29.1 Å². The van der Waals surface area contributed by atoms with Gasteiger partial charge in [0.2, 0.25) is 0 Å². The molecule has 1 heterocycles. The molecule has 1 N–H and O–H groups in total. The van der Waals surface area contributed by atoms with E-state index < -0.39 is 5.54 Å². The molecule has 1 unspecified atom stereocenters. The van der Waals surface area contributed by atoms with Crippen LogP contribution in [0.3, 0.4) is 0 Å². The van der Waals surface area contributed by atoms with Gasteiger partial charge in [-0.3, -0.25) is 10.1 Å². The summed E-state index contributed by atoms with van der Waals surface area (Å²) in [5.74, 6) is 0.802. The summed E-state index contributed by atoms with van der Waals surface area (Å²) in [6.45, 7) is 5.98. The van der Waals surface area contributed by atoms with E-state index in [9.17, 15) is 4.79 Å². The van der Waals surface area contributed by atoms with Gasteiger partial charge in [-0.2, -0.15) is 0 Å². The predicted octanol–water partition coefficient (Wildman–Crippen LogP) is 2.73. The van der Waals surface area contributed by atoms with Crippen LogP contribution in [0, 0.1) is 0 Å². The molecule has 0 saturated carbocycles. The number of methoxy groups -OCH3 is 1. The molecule has 20 heavy (non-hydrogen) atoms. The maximum absolute atomic E-state index is 11.9. The van der Waals surface area contributed by atoms with E-state index >= 15 is 0 Å². The Labute approximate surface area is 128 Å². The van der Waals surface area contributed by atoms with Crippen LogP contribution >= 0.6 is 23.1 Å². The second-order valence-electron chi connectivity index (χ2n) is 5.13. The van der Waals surface area contributed by atoms with Gasteiger partial charge in [0.25, 0.3) is 0 Å². The van der Waals surface area contributed by atoms with Gasteiger partial charge in [-0.1, -0.05) is 29.5 Å².